The molecule has 1 fully saturated rings. The zero-order chi connectivity index (χ0) is 15.2. The number of nitrogens with one attached hydrogen (secondary N) is 1. The summed E-state index contributed by atoms with van der Waals surface area (Å²) < 4.78 is 18.5. The zero-order valence-electron chi connectivity index (χ0n) is 12.1. The van der Waals surface area contributed by atoms with Crippen molar-refractivity contribution in [2.75, 3.05) is 23.4 Å². The number of anilines is 2. The van der Waals surface area contributed by atoms with Gasteiger partial charge in [0.2, 0.25) is 5.91 Å². The second-order valence-corrected chi connectivity index (χ2v) is 6.51. The molecule has 2 unspecified atom stereocenters. The second-order valence-electron chi connectivity index (χ2n) is 5.16. The third-order valence-corrected chi connectivity index (χ3v) is 5.04. The van der Waals surface area contributed by atoms with Crippen molar-refractivity contribution in [1.82, 2.24) is 0 Å². The number of nitrogens with two attached hydrogens (primary N) is 1. The van der Waals surface area contributed by atoms with E-state index in [0.29, 0.717) is 23.5 Å². The number of carbonyl (C=O) groups excluding carboxylic acids is 1. The maximum atomic E-state index is 13.0. The van der Waals surface area contributed by atoms with Gasteiger partial charge in [0.1, 0.15) is 5.82 Å². The molecule has 3 N–H and O–H groups in total. The summed E-state index contributed by atoms with van der Waals surface area (Å²) in [7, 11) is 0. The van der Waals surface area contributed by atoms with Gasteiger partial charge in [0.25, 0.3) is 0 Å². The molecule has 1 aliphatic heterocycles. The summed E-state index contributed by atoms with van der Waals surface area (Å²) in [6.45, 7) is 2.93. The molecule has 4 nitrogen and oxygen atoms in total. The van der Waals surface area contributed by atoms with Crippen LogP contribution in [0, 0.1) is 5.82 Å². The second kappa shape index (κ2) is 7.66. The van der Waals surface area contributed by atoms with E-state index in [1.54, 1.807) is 0 Å². The largest absolute Gasteiger partial charge is 0.396 e. The van der Waals surface area contributed by atoms with Crippen LogP contribution >= 0.6 is 11.8 Å². The number of hydrogen-bond acceptors (Lipinski definition) is 4. The van der Waals surface area contributed by atoms with E-state index in [4.69, 9.17) is 10.5 Å². The fourth-order valence-corrected chi connectivity index (χ4v) is 3.47. The molecule has 2 rings (SSSR count). The summed E-state index contributed by atoms with van der Waals surface area (Å²) in [5.74, 6) is 0.395. The maximum Gasteiger partial charge on any atom is 0.224 e. The minimum atomic E-state index is -0.475. The lowest BCUT2D eigenvalue weighted by molar-refractivity contribution is -0.116. The molecule has 0 bridgehead atoms. The average Bonchev–Trinajstić information content (AvgIpc) is 2.85. The molecule has 2 atom stereocenters. The van der Waals surface area contributed by atoms with E-state index >= 15 is 0 Å². The van der Waals surface area contributed by atoms with Crippen LogP contribution < -0.4 is 11.1 Å². The number of rotatable bonds is 6. The van der Waals surface area contributed by atoms with E-state index < -0.39 is 5.82 Å². The van der Waals surface area contributed by atoms with Crippen molar-refractivity contribution in [3.63, 3.8) is 0 Å². The first-order chi connectivity index (χ1) is 10.1. The van der Waals surface area contributed by atoms with E-state index in [-0.39, 0.29) is 11.6 Å². The minimum absolute atomic E-state index is 0.0403. The number of nitrogen functional groups attached to an aromatic ring is 1. The van der Waals surface area contributed by atoms with Crippen molar-refractivity contribution in [3.05, 3.63) is 24.0 Å². The van der Waals surface area contributed by atoms with E-state index in [2.05, 4.69) is 12.2 Å². The Morgan fingerprint density at radius 2 is 2.38 bits per heavy atom. The minimum Gasteiger partial charge on any atom is -0.396 e. The zero-order valence-corrected chi connectivity index (χ0v) is 12.9. The Morgan fingerprint density at radius 1 is 1.57 bits per heavy atom. The van der Waals surface area contributed by atoms with Crippen LogP contribution in [0.5, 0.6) is 0 Å². The van der Waals surface area contributed by atoms with E-state index in [1.807, 2.05) is 11.8 Å². The van der Waals surface area contributed by atoms with Crippen LogP contribution in [0.2, 0.25) is 0 Å². The van der Waals surface area contributed by atoms with Crippen molar-refractivity contribution >= 4 is 29.0 Å². The summed E-state index contributed by atoms with van der Waals surface area (Å²) in [5, 5.41) is 3.27. The van der Waals surface area contributed by atoms with Crippen molar-refractivity contribution in [2.24, 2.45) is 0 Å². The van der Waals surface area contributed by atoms with Crippen molar-refractivity contribution in [1.29, 1.82) is 0 Å². The number of amides is 1. The molecule has 1 aromatic rings. The molecule has 116 valence electrons. The molecule has 0 aromatic heterocycles. The van der Waals surface area contributed by atoms with Crippen LogP contribution in [0.25, 0.3) is 0 Å². The summed E-state index contributed by atoms with van der Waals surface area (Å²) in [4.78, 5) is 11.8. The van der Waals surface area contributed by atoms with Crippen molar-refractivity contribution in [2.45, 2.75) is 37.5 Å². The molecule has 1 amide bonds. The number of halogens is 1. The van der Waals surface area contributed by atoms with Gasteiger partial charge >= 0.3 is 0 Å². The van der Waals surface area contributed by atoms with Crippen LogP contribution in [0.15, 0.2) is 18.2 Å². The summed E-state index contributed by atoms with van der Waals surface area (Å²) >= 11 is 1.87. The first-order valence-electron chi connectivity index (χ1n) is 7.14. The molecule has 1 aliphatic rings. The summed E-state index contributed by atoms with van der Waals surface area (Å²) in [5.41, 5.74) is 6.03. The molecule has 0 aliphatic carbocycles. The van der Waals surface area contributed by atoms with Gasteiger partial charge in [0.05, 0.1) is 11.8 Å². The van der Waals surface area contributed by atoms with Gasteiger partial charge in [-0.25, -0.2) is 4.39 Å². The Balaban J connectivity index is 1.66. The number of hydrogen-bond donors (Lipinski definition) is 2. The van der Waals surface area contributed by atoms with Gasteiger partial charge in [-0.2, -0.15) is 11.8 Å². The number of ether oxygens (including phenoxy) is 1. The van der Waals surface area contributed by atoms with Crippen LogP contribution in [0.1, 0.15) is 26.2 Å². The highest BCUT2D eigenvalue weighted by atomic mass is 32.2. The first-order valence-corrected chi connectivity index (χ1v) is 8.19. The van der Waals surface area contributed by atoms with Crippen LogP contribution in [0.4, 0.5) is 15.8 Å². The molecule has 1 heterocycles. The van der Waals surface area contributed by atoms with Gasteiger partial charge in [0.15, 0.2) is 0 Å². The van der Waals surface area contributed by atoms with E-state index in [1.165, 1.54) is 18.2 Å². The lowest BCUT2D eigenvalue weighted by Gasteiger charge is -2.13. The predicted octanol–water partition coefficient (Wildman–Crippen LogP) is 3.04. The van der Waals surface area contributed by atoms with Gasteiger partial charge in [-0.3, -0.25) is 4.79 Å². The summed E-state index contributed by atoms with van der Waals surface area (Å²) in [6.07, 6.45) is 2.67. The Morgan fingerprint density at radius 3 is 3.05 bits per heavy atom. The molecular formula is C15H21FN2O2S. The van der Waals surface area contributed by atoms with Gasteiger partial charge < -0.3 is 15.8 Å². The van der Waals surface area contributed by atoms with Crippen LogP contribution in [-0.2, 0) is 9.53 Å². The lowest BCUT2D eigenvalue weighted by atomic mass is 10.2. The van der Waals surface area contributed by atoms with Crippen molar-refractivity contribution < 1.29 is 13.9 Å². The van der Waals surface area contributed by atoms with Crippen LogP contribution in [0.3, 0.4) is 0 Å². The highest BCUT2D eigenvalue weighted by Crippen LogP contribution is 2.27. The molecular weight excluding hydrogens is 291 g/mol. The third kappa shape index (κ3) is 4.89. The summed E-state index contributed by atoms with van der Waals surface area (Å²) in [6, 6.07) is 4.19. The number of benzene rings is 1. The monoisotopic (exact) mass is 312 g/mol. The fourth-order valence-electron chi connectivity index (χ4n) is 2.24. The van der Waals surface area contributed by atoms with Crippen molar-refractivity contribution in [3.8, 4) is 0 Å². The molecule has 1 aromatic carbocycles. The normalized spacial score (nSPS) is 21.4. The Hall–Kier alpha value is -1.27. The third-order valence-electron chi connectivity index (χ3n) is 3.47. The number of carbonyl (C=O) groups is 1. The molecule has 21 heavy (non-hydrogen) atoms. The standard InChI is InChI=1S/C15H21FN2O2S/c1-10-14(6-7-20-10)21-8-2-3-15(19)18-11-4-5-12(16)13(17)9-11/h4-5,9-10,14H,2-3,6-8,17H2,1H3,(H,18,19). The van der Waals surface area contributed by atoms with Gasteiger partial charge in [-0.1, -0.05) is 0 Å². The molecule has 0 spiro atoms. The SMILES string of the molecule is CC1OCCC1SCCCC(=O)Nc1ccc(F)c(N)c1. The Bertz CT molecular complexity index is 499. The topological polar surface area (TPSA) is 64.3 Å². The lowest BCUT2D eigenvalue weighted by Crippen LogP contribution is -2.15. The highest BCUT2D eigenvalue weighted by Gasteiger charge is 2.24. The molecule has 0 radical (unpaired) electrons. The van der Waals surface area contributed by atoms with Crippen LogP contribution in [-0.4, -0.2) is 29.6 Å². The van der Waals surface area contributed by atoms with Gasteiger partial charge in [-0.15, -0.1) is 0 Å². The Kier molecular flexibility index (Phi) is 5.87. The predicted molar refractivity (Wildman–Crippen MR) is 85.0 cm³/mol. The molecule has 6 heteroatoms. The van der Waals surface area contributed by atoms with Gasteiger partial charge in [0, 0.05) is 24.0 Å². The highest BCUT2D eigenvalue weighted by molar-refractivity contribution is 7.99. The first kappa shape index (κ1) is 16.1. The molecule has 0 saturated carbocycles. The molecule has 1 saturated heterocycles. The number of thioether (sulfide) groups is 1. The van der Waals surface area contributed by atoms with E-state index in [0.717, 1.165) is 25.2 Å². The fraction of sp³-hybridized carbons (Fsp3) is 0.533. The van der Waals surface area contributed by atoms with Gasteiger partial charge in [-0.05, 0) is 43.7 Å². The van der Waals surface area contributed by atoms with E-state index in [9.17, 15) is 9.18 Å². The smallest absolute Gasteiger partial charge is 0.224 e. The Labute approximate surface area is 128 Å². The maximum absolute atomic E-state index is 13.0. The quantitative estimate of drug-likeness (QED) is 0.626. The average molecular weight is 312 g/mol.